The van der Waals surface area contributed by atoms with Crippen LogP contribution in [0, 0.1) is 0 Å². The Labute approximate surface area is 330 Å². The van der Waals surface area contributed by atoms with Gasteiger partial charge in [-0.2, -0.15) is 0 Å². The van der Waals surface area contributed by atoms with Crippen molar-refractivity contribution in [1.29, 1.82) is 0 Å². The van der Waals surface area contributed by atoms with Crippen molar-refractivity contribution in [3.05, 3.63) is 0 Å². The van der Waals surface area contributed by atoms with E-state index in [0.29, 0.717) is 46.2 Å². The average Bonchev–Trinajstić information content (AvgIpc) is 3.16. The summed E-state index contributed by atoms with van der Waals surface area (Å²) < 4.78 is 28.4. The lowest BCUT2D eigenvalue weighted by atomic mass is 10.0. The predicted octanol–water partition coefficient (Wildman–Crippen LogP) is 13.7. The maximum Gasteiger partial charge on any atom is 0.407 e. The smallest absolute Gasteiger partial charge is 0.407 e. The van der Waals surface area contributed by atoms with Crippen molar-refractivity contribution in [1.82, 2.24) is 5.32 Å². The number of alkyl carbamates (subject to hydrolysis) is 1. The van der Waals surface area contributed by atoms with Crippen molar-refractivity contribution in [3.63, 3.8) is 0 Å². The molecule has 0 spiro atoms. The Bertz CT molecular complexity index is 680. The van der Waals surface area contributed by atoms with Crippen LogP contribution in [0.1, 0.15) is 226 Å². The molecule has 1 N–H and O–H groups in total. The maximum atomic E-state index is 12.2. The topological polar surface area (TPSA) is 75.3 Å². The van der Waals surface area contributed by atoms with Gasteiger partial charge in [0.05, 0.1) is 26.4 Å². The van der Waals surface area contributed by atoms with Crippen molar-refractivity contribution in [3.8, 4) is 0 Å². The molecule has 53 heavy (non-hydrogen) atoms. The van der Waals surface area contributed by atoms with Crippen LogP contribution < -0.4 is 5.32 Å². The summed E-state index contributed by atoms with van der Waals surface area (Å²) in [6.07, 6.45) is 42.9. The third kappa shape index (κ3) is 45.4. The van der Waals surface area contributed by atoms with Crippen LogP contribution in [0.5, 0.6) is 0 Å². The van der Waals surface area contributed by atoms with Crippen molar-refractivity contribution in [2.75, 3.05) is 59.4 Å². The molecule has 0 unspecified atom stereocenters. The molecule has 0 saturated heterocycles. The van der Waals surface area contributed by atoms with Gasteiger partial charge in [-0.1, -0.05) is 206 Å². The minimum absolute atomic E-state index is 0.203. The Morgan fingerprint density at radius 1 is 0.396 bits per heavy atom. The monoisotopic (exact) mass is 756 g/mol. The van der Waals surface area contributed by atoms with Gasteiger partial charge in [0, 0.05) is 26.4 Å². The zero-order chi connectivity index (χ0) is 38.4. The van der Waals surface area contributed by atoms with Gasteiger partial charge in [-0.05, 0) is 19.8 Å². The van der Waals surface area contributed by atoms with Crippen LogP contribution >= 0.6 is 0 Å². The summed E-state index contributed by atoms with van der Waals surface area (Å²) in [5, 5.41) is 2.76. The van der Waals surface area contributed by atoms with Gasteiger partial charge in [-0.3, -0.25) is 0 Å². The Kier molecular flexibility index (Phi) is 46.5. The normalized spacial score (nSPS) is 12.1. The van der Waals surface area contributed by atoms with Crippen molar-refractivity contribution >= 4 is 6.09 Å². The number of carbonyl (C=O) groups excluding carboxylic acids is 1. The maximum absolute atomic E-state index is 12.2. The number of unbranched alkanes of at least 4 members (excludes halogenated alkanes) is 30. The van der Waals surface area contributed by atoms with Crippen molar-refractivity contribution < 1.29 is 28.5 Å². The summed E-state index contributed by atoms with van der Waals surface area (Å²) in [6, 6.07) is 0. The number of hydrogen-bond donors (Lipinski definition) is 1. The number of hydrogen-bond acceptors (Lipinski definition) is 6. The Balaban J connectivity index is 3.96. The van der Waals surface area contributed by atoms with Gasteiger partial charge < -0.3 is 29.0 Å². The second kappa shape index (κ2) is 47.3. The fourth-order valence-electron chi connectivity index (χ4n) is 6.82. The molecule has 7 nitrogen and oxygen atoms in total. The summed E-state index contributed by atoms with van der Waals surface area (Å²) in [6.45, 7) is 11.2. The first-order valence-electron chi connectivity index (χ1n) is 23.5. The largest absolute Gasteiger partial charge is 0.447 e. The van der Waals surface area contributed by atoms with Crippen molar-refractivity contribution in [2.24, 2.45) is 0 Å². The van der Waals surface area contributed by atoms with Crippen LogP contribution in [0.2, 0.25) is 0 Å². The average molecular weight is 756 g/mol. The third-order valence-electron chi connectivity index (χ3n) is 10.3. The lowest BCUT2D eigenvalue weighted by Gasteiger charge is -2.18. The Morgan fingerprint density at radius 2 is 0.774 bits per heavy atom. The molecule has 7 heteroatoms. The highest BCUT2D eigenvalue weighted by Crippen LogP contribution is 2.15. The minimum atomic E-state index is -0.438. The van der Waals surface area contributed by atoms with E-state index < -0.39 is 6.09 Å². The summed E-state index contributed by atoms with van der Waals surface area (Å²) >= 11 is 0. The molecule has 318 valence electrons. The van der Waals surface area contributed by atoms with E-state index in [1.54, 1.807) is 0 Å². The molecule has 1 amide bonds. The van der Waals surface area contributed by atoms with Crippen LogP contribution in [0.3, 0.4) is 0 Å². The molecule has 0 fully saturated rings. The molecular formula is C46H93NO6. The van der Waals surface area contributed by atoms with E-state index in [1.165, 1.54) is 193 Å². The fourth-order valence-corrected chi connectivity index (χ4v) is 6.82. The van der Waals surface area contributed by atoms with Crippen LogP contribution in [0.4, 0.5) is 4.79 Å². The molecule has 0 rings (SSSR count). The van der Waals surface area contributed by atoms with E-state index in [4.69, 9.17) is 23.7 Å². The van der Waals surface area contributed by atoms with Gasteiger partial charge in [-0.25, -0.2) is 4.79 Å². The van der Waals surface area contributed by atoms with Gasteiger partial charge in [-0.15, -0.1) is 0 Å². The molecule has 0 aliphatic rings. The summed E-state index contributed by atoms with van der Waals surface area (Å²) in [5.74, 6) is 0. The molecule has 0 aliphatic carbocycles. The Morgan fingerprint density at radius 3 is 1.19 bits per heavy atom. The third-order valence-corrected chi connectivity index (χ3v) is 10.3. The number of carbonyl (C=O) groups is 1. The molecule has 0 heterocycles. The summed E-state index contributed by atoms with van der Waals surface area (Å²) in [7, 11) is 0. The number of nitrogens with one attached hydrogen (secondary N) is 1. The van der Waals surface area contributed by atoms with Gasteiger partial charge in [0.25, 0.3) is 0 Å². The van der Waals surface area contributed by atoms with Crippen LogP contribution in [0.15, 0.2) is 0 Å². The molecule has 0 radical (unpaired) electrons. The predicted molar refractivity (Wildman–Crippen MR) is 226 cm³/mol. The lowest BCUT2D eigenvalue weighted by molar-refractivity contribution is -0.0469. The standard InChI is InChI=1S/C46H93NO6/c1-4-7-9-11-13-15-17-19-21-23-25-27-29-31-33-35-38-51-43-45(44-53-46(48)47-37-40-50-42-41-49-6-3)52-39-36-34-32-30-28-26-24-22-20-18-16-14-12-10-8-5-2/h45H,4-44H2,1-3H3,(H,47,48)/t45-/m1/s1. The Hall–Kier alpha value is -0.890. The highest BCUT2D eigenvalue weighted by atomic mass is 16.6. The molecular weight excluding hydrogens is 663 g/mol. The zero-order valence-electron chi connectivity index (χ0n) is 36.0. The second-order valence-corrected chi connectivity index (χ2v) is 15.5. The molecule has 0 aromatic heterocycles. The SMILES string of the molecule is CCCCCCCCCCCCCCCCCCOC[C@H](COC(=O)NCCOCCOCC)OCCCCCCCCCCCCCCCCCC. The number of ether oxygens (including phenoxy) is 5. The summed E-state index contributed by atoms with van der Waals surface area (Å²) in [4.78, 5) is 12.2. The van der Waals surface area contributed by atoms with E-state index in [0.717, 1.165) is 19.4 Å². The molecule has 0 saturated carbocycles. The van der Waals surface area contributed by atoms with E-state index in [-0.39, 0.29) is 12.7 Å². The zero-order valence-corrected chi connectivity index (χ0v) is 36.0. The van der Waals surface area contributed by atoms with E-state index >= 15 is 0 Å². The highest BCUT2D eigenvalue weighted by Gasteiger charge is 2.13. The molecule has 0 bridgehead atoms. The van der Waals surface area contributed by atoms with Crippen LogP contribution in [-0.4, -0.2) is 71.6 Å². The van der Waals surface area contributed by atoms with E-state index in [2.05, 4.69) is 19.2 Å². The van der Waals surface area contributed by atoms with Crippen LogP contribution in [-0.2, 0) is 23.7 Å². The quantitative estimate of drug-likeness (QED) is 0.0624. The summed E-state index contributed by atoms with van der Waals surface area (Å²) in [5.41, 5.74) is 0. The lowest BCUT2D eigenvalue weighted by Crippen LogP contribution is -2.33. The molecule has 0 aliphatic heterocycles. The molecule has 1 atom stereocenters. The van der Waals surface area contributed by atoms with Gasteiger partial charge >= 0.3 is 6.09 Å². The molecule has 0 aromatic rings. The van der Waals surface area contributed by atoms with Crippen LogP contribution in [0.25, 0.3) is 0 Å². The fraction of sp³-hybridized carbons (Fsp3) is 0.978. The molecule has 0 aromatic carbocycles. The number of amides is 1. The van der Waals surface area contributed by atoms with Gasteiger partial charge in [0.2, 0.25) is 0 Å². The first-order valence-corrected chi connectivity index (χ1v) is 23.5. The minimum Gasteiger partial charge on any atom is -0.447 e. The van der Waals surface area contributed by atoms with E-state index in [9.17, 15) is 4.79 Å². The number of rotatable bonds is 46. The van der Waals surface area contributed by atoms with Gasteiger partial charge in [0.15, 0.2) is 0 Å². The highest BCUT2D eigenvalue weighted by molar-refractivity contribution is 5.67. The van der Waals surface area contributed by atoms with E-state index in [1.807, 2.05) is 6.92 Å². The second-order valence-electron chi connectivity index (χ2n) is 15.5. The first-order chi connectivity index (χ1) is 26.2. The van der Waals surface area contributed by atoms with Gasteiger partial charge in [0.1, 0.15) is 12.7 Å². The van der Waals surface area contributed by atoms with Crippen molar-refractivity contribution in [2.45, 2.75) is 232 Å². The first kappa shape index (κ1) is 52.1.